The number of hydrogen-bond acceptors (Lipinski definition) is 5. The molecule has 1 saturated heterocycles. The number of fused-ring (bicyclic) bond motifs is 3. The van der Waals surface area contributed by atoms with Crippen LogP contribution in [0.1, 0.15) is 53.7 Å². The Morgan fingerprint density at radius 1 is 1.10 bits per heavy atom. The van der Waals surface area contributed by atoms with Crippen LogP contribution in [0.25, 0.3) is 32.9 Å². The van der Waals surface area contributed by atoms with Crippen LogP contribution in [0.15, 0.2) is 65.2 Å². The summed E-state index contributed by atoms with van der Waals surface area (Å²) in [4.78, 5) is 34.0. The first-order valence-electron chi connectivity index (χ1n) is 13.7. The van der Waals surface area contributed by atoms with Crippen LogP contribution in [0.3, 0.4) is 0 Å². The van der Waals surface area contributed by atoms with Crippen LogP contribution in [0, 0.1) is 13.8 Å². The highest BCUT2D eigenvalue weighted by Crippen LogP contribution is 2.38. The number of nitrogens with zero attached hydrogens (tertiary/aromatic N) is 3. The Bertz CT molecular complexity index is 1720. The lowest BCUT2D eigenvalue weighted by atomic mass is 9.96. The van der Waals surface area contributed by atoms with Gasteiger partial charge < -0.3 is 19.1 Å². The van der Waals surface area contributed by atoms with Gasteiger partial charge in [-0.2, -0.15) is 0 Å². The molecule has 5 aromatic rings. The molecular formula is C32H32N4O4. The standard InChI is InChI=1S/C32H32N4O4/c1-5-35(20(3)22-10-7-6-8-11-22)31(37)26-16-23(29-19(2)34-40-21(29)4)17-28-30(26)25-18-24(12-13-27(25)33-28)36-14-9-15-39-32(36)38/h6-8,10-13,16-18,20,33H,5,9,14-15H2,1-4H3. The largest absolute Gasteiger partial charge is 0.449 e. The van der Waals surface area contributed by atoms with E-state index in [4.69, 9.17) is 9.26 Å². The predicted octanol–water partition coefficient (Wildman–Crippen LogP) is 7.16. The molecule has 40 heavy (non-hydrogen) atoms. The fourth-order valence-corrected chi connectivity index (χ4v) is 5.85. The van der Waals surface area contributed by atoms with Gasteiger partial charge in [0.1, 0.15) is 5.76 Å². The van der Waals surface area contributed by atoms with Crippen molar-refractivity contribution in [3.63, 3.8) is 0 Å². The first-order chi connectivity index (χ1) is 19.4. The minimum atomic E-state index is -0.351. The molecule has 1 aliphatic heterocycles. The number of anilines is 1. The fraction of sp³-hybridized carbons (Fsp3) is 0.281. The second kappa shape index (κ2) is 10.2. The highest BCUT2D eigenvalue weighted by Gasteiger charge is 2.27. The Labute approximate surface area is 232 Å². The molecular weight excluding hydrogens is 504 g/mol. The van der Waals surface area contributed by atoms with E-state index in [2.05, 4.69) is 17.1 Å². The van der Waals surface area contributed by atoms with Crippen molar-refractivity contribution in [3.05, 3.63) is 83.2 Å². The normalized spacial score (nSPS) is 14.5. The Morgan fingerprint density at radius 3 is 2.60 bits per heavy atom. The average Bonchev–Trinajstić information content (AvgIpc) is 3.51. The Morgan fingerprint density at radius 2 is 1.90 bits per heavy atom. The van der Waals surface area contributed by atoms with E-state index in [1.54, 1.807) is 4.90 Å². The summed E-state index contributed by atoms with van der Waals surface area (Å²) >= 11 is 0. The van der Waals surface area contributed by atoms with Crippen molar-refractivity contribution in [2.24, 2.45) is 0 Å². The molecule has 6 rings (SSSR count). The minimum absolute atomic E-state index is 0.0684. The predicted molar refractivity (Wildman–Crippen MR) is 156 cm³/mol. The summed E-state index contributed by atoms with van der Waals surface area (Å²) < 4.78 is 10.8. The molecule has 1 fully saturated rings. The highest BCUT2D eigenvalue weighted by molar-refractivity contribution is 6.19. The second-order valence-corrected chi connectivity index (χ2v) is 10.3. The van der Waals surface area contributed by atoms with Crippen LogP contribution >= 0.6 is 0 Å². The van der Waals surface area contributed by atoms with E-state index >= 15 is 0 Å². The molecule has 204 valence electrons. The van der Waals surface area contributed by atoms with Crippen LogP contribution in [-0.2, 0) is 4.74 Å². The van der Waals surface area contributed by atoms with Crippen molar-refractivity contribution < 1.29 is 18.8 Å². The first kappa shape index (κ1) is 25.7. The van der Waals surface area contributed by atoms with Crippen LogP contribution in [0.4, 0.5) is 10.5 Å². The number of carbonyl (C=O) groups excluding carboxylic acids is 2. The van der Waals surface area contributed by atoms with Gasteiger partial charge >= 0.3 is 6.09 Å². The summed E-state index contributed by atoms with van der Waals surface area (Å²) in [5.41, 5.74) is 6.62. The number of amides is 2. The summed E-state index contributed by atoms with van der Waals surface area (Å²) in [7, 11) is 0. The van der Waals surface area contributed by atoms with Crippen molar-refractivity contribution >= 4 is 39.5 Å². The van der Waals surface area contributed by atoms with Crippen LogP contribution in [0.5, 0.6) is 0 Å². The molecule has 2 amide bonds. The molecule has 0 aliphatic carbocycles. The monoisotopic (exact) mass is 536 g/mol. The number of benzene rings is 3. The van der Waals surface area contributed by atoms with E-state index in [9.17, 15) is 9.59 Å². The number of cyclic esters (lactones) is 1. The third kappa shape index (κ3) is 4.29. The SMILES string of the molecule is CCN(C(=O)c1cc(-c2c(C)noc2C)cc2[nH]c3ccc(N4CCCOC4=O)cc3c12)C(C)c1ccccc1. The number of aromatic nitrogens is 2. The van der Waals surface area contributed by atoms with Crippen molar-refractivity contribution in [2.45, 2.75) is 40.2 Å². The van der Waals surface area contributed by atoms with Crippen molar-refractivity contribution in [3.8, 4) is 11.1 Å². The summed E-state index contributed by atoms with van der Waals surface area (Å²) in [6.07, 6.45) is 0.418. The molecule has 0 spiro atoms. The van der Waals surface area contributed by atoms with Gasteiger partial charge in [0.25, 0.3) is 5.91 Å². The smallest absolute Gasteiger partial charge is 0.414 e. The molecule has 2 aromatic heterocycles. The van der Waals surface area contributed by atoms with Gasteiger partial charge in [0.15, 0.2) is 0 Å². The molecule has 3 aromatic carbocycles. The molecule has 8 heteroatoms. The van der Waals surface area contributed by atoms with Crippen molar-refractivity contribution in [2.75, 3.05) is 24.6 Å². The number of aryl methyl sites for hydroxylation is 2. The zero-order valence-corrected chi connectivity index (χ0v) is 23.2. The zero-order valence-electron chi connectivity index (χ0n) is 23.2. The first-order valence-corrected chi connectivity index (χ1v) is 13.7. The summed E-state index contributed by atoms with van der Waals surface area (Å²) in [5, 5.41) is 5.85. The number of rotatable bonds is 6. The number of H-pyrrole nitrogens is 1. The lowest BCUT2D eigenvalue weighted by Gasteiger charge is -2.29. The van der Waals surface area contributed by atoms with Gasteiger partial charge in [0.2, 0.25) is 0 Å². The van der Waals surface area contributed by atoms with Gasteiger partial charge in [0, 0.05) is 46.1 Å². The van der Waals surface area contributed by atoms with Gasteiger partial charge in [-0.15, -0.1) is 0 Å². The number of hydrogen-bond donors (Lipinski definition) is 1. The Hall–Kier alpha value is -4.59. The minimum Gasteiger partial charge on any atom is -0.449 e. The van der Waals surface area contributed by atoms with E-state index in [0.717, 1.165) is 56.3 Å². The van der Waals surface area contributed by atoms with E-state index in [1.807, 2.05) is 86.3 Å². The van der Waals surface area contributed by atoms with Crippen molar-refractivity contribution in [1.29, 1.82) is 0 Å². The highest BCUT2D eigenvalue weighted by atomic mass is 16.6. The van der Waals surface area contributed by atoms with E-state index in [0.29, 0.717) is 31.0 Å². The Kier molecular flexibility index (Phi) is 6.54. The topological polar surface area (TPSA) is 91.7 Å². The molecule has 1 N–H and O–H groups in total. The van der Waals surface area contributed by atoms with Gasteiger partial charge in [-0.3, -0.25) is 9.69 Å². The fourth-order valence-electron chi connectivity index (χ4n) is 5.85. The Balaban J connectivity index is 1.56. The number of aromatic amines is 1. The molecule has 1 unspecified atom stereocenters. The molecule has 8 nitrogen and oxygen atoms in total. The van der Waals surface area contributed by atoms with Gasteiger partial charge in [-0.25, -0.2) is 4.79 Å². The molecule has 1 atom stereocenters. The number of nitrogens with one attached hydrogen (secondary N) is 1. The van der Waals surface area contributed by atoms with E-state index in [1.165, 1.54) is 0 Å². The maximum absolute atomic E-state index is 14.5. The molecule has 0 bridgehead atoms. The summed E-state index contributed by atoms with van der Waals surface area (Å²) in [5.74, 6) is 0.628. The van der Waals surface area contributed by atoms with Gasteiger partial charge in [-0.05, 0) is 75.6 Å². The summed E-state index contributed by atoms with van der Waals surface area (Å²) in [6, 6.07) is 19.8. The lowest BCUT2D eigenvalue weighted by molar-refractivity contribution is 0.0704. The quantitative estimate of drug-likeness (QED) is 0.249. The van der Waals surface area contributed by atoms with Crippen LogP contribution in [-0.4, -0.2) is 46.7 Å². The van der Waals surface area contributed by atoms with Crippen LogP contribution < -0.4 is 4.90 Å². The van der Waals surface area contributed by atoms with Crippen molar-refractivity contribution in [1.82, 2.24) is 15.0 Å². The maximum atomic E-state index is 14.5. The van der Waals surface area contributed by atoms with E-state index in [-0.39, 0.29) is 18.0 Å². The molecule has 3 heterocycles. The van der Waals surface area contributed by atoms with E-state index < -0.39 is 0 Å². The maximum Gasteiger partial charge on any atom is 0.414 e. The van der Waals surface area contributed by atoms with Gasteiger partial charge in [-0.1, -0.05) is 35.5 Å². The zero-order chi connectivity index (χ0) is 28.0. The number of ether oxygens (including phenoxy) is 1. The van der Waals surface area contributed by atoms with Gasteiger partial charge in [0.05, 0.1) is 23.9 Å². The second-order valence-electron chi connectivity index (χ2n) is 10.3. The molecule has 0 saturated carbocycles. The molecule has 0 radical (unpaired) electrons. The lowest BCUT2D eigenvalue weighted by Crippen LogP contribution is -2.37. The summed E-state index contributed by atoms with van der Waals surface area (Å²) in [6.45, 7) is 9.41. The molecule has 1 aliphatic rings. The van der Waals surface area contributed by atoms with Crippen LogP contribution in [0.2, 0.25) is 0 Å². The average molecular weight is 537 g/mol. The third-order valence-corrected chi connectivity index (χ3v) is 7.87. The number of carbonyl (C=O) groups is 2. The third-order valence-electron chi connectivity index (χ3n) is 7.87.